The number of carbonyl (C=O) groups excluding carboxylic acids is 1. The molecule has 1 atom stereocenters. The van der Waals surface area contributed by atoms with Crippen LogP contribution in [-0.2, 0) is 4.79 Å². The van der Waals surface area contributed by atoms with Gasteiger partial charge in [-0.25, -0.2) is 4.39 Å². The number of thioether (sulfide) groups is 1. The number of carbonyl (C=O) groups is 1. The molecule has 5 heteroatoms. The Morgan fingerprint density at radius 3 is 3.00 bits per heavy atom. The van der Waals surface area contributed by atoms with Crippen molar-refractivity contribution in [3.8, 4) is 0 Å². The Bertz CT molecular complexity index is 387. The molecule has 0 aliphatic heterocycles. The summed E-state index contributed by atoms with van der Waals surface area (Å²) in [6.45, 7) is 2.04. The molecule has 1 aromatic rings. The Morgan fingerprint density at radius 2 is 2.33 bits per heavy atom. The Morgan fingerprint density at radius 1 is 1.56 bits per heavy atom. The fourth-order valence-electron chi connectivity index (χ4n) is 1.31. The molecule has 100 valence electrons. The van der Waals surface area contributed by atoms with E-state index >= 15 is 0 Å². The summed E-state index contributed by atoms with van der Waals surface area (Å²) in [5.41, 5.74) is 6.26. The van der Waals surface area contributed by atoms with Gasteiger partial charge < -0.3 is 11.1 Å². The number of halogens is 1. The van der Waals surface area contributed by atoms with Crippen LogP contribution >= 0.6 is 11.8 Å². The highest BCUT2D eigenvalue weighted by Gasteiger charge is 2.04. The van der Waals surface area contributed by atoms with Gasteiger partial charge in [-0.3, -0.25) is 4.79 Å². The van der Waals surface area contributed by atoms with Gasteiger partial charge in [0.15, 0.2) is 0 Å². The van der Waals surface area contributed by atoms with E-state index in [0.717, 1.165) is 17.9 Å². The second-order valence-electron chi connectivity index (χ2n) is 4.05. The van der Waals surface area contributed by atoms with E-state index in [1.807, 2.05) is 6.92 Å². The first-order valence-corrected chi connectivity index (χ1v) is 7.16. The maximum Gasteiger partial charge on any atom is 0.225 e. The van der Waals surface area contributed by atoms with Gasteiger partial charge in [-0.1, -0.05) is 13.0 Å². The first kappa shape index (κ1) is 15.0. The largest absolute Gasteiger partial charge is 0.327 e. The van der Waals surface area contributed by atoms with Gasteiger partial charge in [0.25, 0.3) is 0 Å². The third kappa shape index (κ3) is 6.02. The van der Waals surface area contributed by atoms with Crippen molar-refractivity contribution in [1.29, 1.82) is 0 Å². The monoisotopic (exact) mass is 270 g/mol. The van der Waals surface area contributed by atoms with Crippen molar-refractivity contribution in [2.75, 3.05) is 16.8 Å². The standard InChI is InChI=1S/C13H19FN2OS/c1-2-11(15)9-18-7-6-13(17)16-12-5-3-4-10(14)8-12/h3-5,8,11H,2,6-7,9,15H2,1H3,(H,16,17). The summed E-state index contributed by atoms with van der Waals surface area (Å²) < 4.78 is 12.9. The van der Waals surface area contributed by atoms with Gasteiger partial charge in [-0.15, -0.1) is 0 Å². The summed E-state index contributed by atoms with van der Waals surface area (Å²) in [5, 5.41) is 2.66. The Kier molecular flexibility index (Phi) is 6.75. The second kappa shape index (κ2) is 8.11. The smallest absolute Gasteiger partial charge is 0.225 e. The molecule has 0 aliphatic rings. The molecule has 1 amide bonds. The zero-order valence-corrected chi connectivity index (χ0v) is 11.3. The van der Waals surface area contributed by atoms with E-state index in [2.05, 4.69) is 5.32 Å². The van der Waals surface area contributed by atoms with Gasteiger partial charge in [-0.05, 0) is 24.6 Å². The molecule has 3 nitrogen and oxygen atoms in total. The lowest BCUT2D eigenvalue weighted by Crippen LogP contribution is -2.22. The molecular formula is C13H19FN2OS. The molecule has 0 aromatic heterocycles. The summed E-state index contributed by atoms with van der Waals surface area (Å²) in [5.74, 6) is 1.15. The van der Waals surface area contributed by atoms with Crippen molar-refractivity contribution in [2.45, 2.75) is 25.8 Å². The number of nitrogens with one attached hydrogen (secondary N) is 1. The van der Waals surface area contributed by atoms with E-state index < -0.39 is 0 Å². The Labute approximate surface area is 111 Å². The lowest BCUT2D eigenvalue weighted by atomic mass is 10.3. The van der Waals surface area contributed by atoms with Crippen LogP contribution in [0.15, 0.2) is 24.3 Å². The van der Waals surface area contributed by atoms with Crippen molar-refractivity contribution in [3.05, 3.63) is 30.1 Å². The number of nitrogens with two attached hydrogens (primary N) is 1. The van der Waals surface area contributed by atoms with Crippen molar-refractivity contribution in [2.24, 2.45) is 5.73 Å². The maximum atomic E-state index is 12.9. The minimum absolute atomic E-state index is 0.0989. The molecule has 0 bridgehead atoms. The highest BCUT2D eigenvalue weighted by molar-refractivity contribution is 7.99. The van der Waals surface area contributed by atoms with Crippen LogP contribution in [-0.4, -0.2) is 23.5 Å². The maximum absolute atomic E-state index is 12.9. The SMILES string of the molecule is CCC(N)CSCCC(=O)Nc1cccc(F)c1. The number of hydrogen-bond acceptors (Lipinski definition) is 3. The van der Waals surface area contributed by atoms with Gasteiger partial charge >= 0.3 is 0 Å². The molecule has 1 unspecified atom stereocenters. The fraction of sp³-hybridized carbons (Fsp3) is 0.462. The molecule has 0 aliphatic carbocycles. The van der Waals surface area contributed by atoms with Gasteiger partial charge in [0, 0.05) is 29.7 Å². The molecule has 0 saturated heterocycles. The van der Waals surface area contributed by atoms with Crippen LogP contribution in [0.2, 0.25) is 0 Å². The zero-order chi connectivity index (χ0) is 13.4. The second-order valence-corrected chi connectivity index (χ2v) is 5.20. The molecular weight excluding hydrogens is 251 g/mol. The Balaban J connectivity index is 2.22. The lowest BCUT2D eigenvalue weighted by Gasteiger charge is -2.08. The summed E-state index contributed by atoms with van der Waals surface area (Å²) in [6, 6.07) is 6.08. The van der Waals surface area contributed by atoms with E-state index in [1.165, 1.54) is 12.1 Å². The first-order valence-electron chi connectivity index (χ1n) is 6.00. The fourth-order valence-corrected chi connectivity index (χ4v) is 2.34. The predicted octanol–water partition coefficient (Wildman–Crippen LogP) is 2.62. The number of amides is 1. The molecule has 0 spiro atoms. The minimum Gasteiger partial charge on any atom is -0.327 e. The van der Waals surface area contributed by atoms with Crippen molar-refractivity contribution < 1.29 is 9.18 Å². The van der Waals surface area contributed by atoms with Crippen LogP contribution in [0.25, 0.3) is 0 Å². The van der Waals surface area contributed by atoms with E-state index in [1.54, 1.807) is 23.9 Å². The molecule has 1 aromatic carbocycles. The summed E-state index contributed by atoms with van der Waals surface area (Å²) in [4.78, 5) is 11.6. The van der Waals surface area contributed by atoms with Gasteiger partial charge in [0.05, 0.1) is 0 Å². The lowest BCUT2D eigenvalue weighted by molar-refractivity contribution is -0.115. The Hall–Kier alpha value is -1.07. The van der Waals surface area contributed by atoms with Crippen LogP contribution < -0.4 is 11.1 Å². The molecule has 3 N–H and O–H groups in total. The summed E-state index contributed by atoms with van der Waals surface area (Å²) >= 11 is 1.67. The van der Waals surface area contributed by atoms with Crippen LogP contribution in [0, 0.1) is 5.82 Å². The third-order valence-electron chi connectivity index (χ3n) is 2.44. The van der Waals surface area contributed by atoms with E-state index in [-0.39, 0.29) is 17.8 Å². The molecule has 1 rings (SSSR count). The van der Waals surface area contributed by atoms with Crippen LogP contribution in [0.3, 0.4) is 0 Å². The first-order chi connectivity index (χ1) is 8.61. The van der Waals surface area contributed by atoms with Gasteiger partial charge in [-0.2, -0.15) is 11.8 Å². The zero-order valence-electron chi connectivity index (χ0n) is 10.5. The van der Waals surface area contributed by atoms with Crippen LogP contribution in [0.5, 0.6) is 0 Å². The van der Waals surface area contributed by atoms with Crippen molar-refractivity contribution >= 4 is 23.4 Å². The highest BCUT2D eigenvalue weighted by atomic mass is 32.2. The van der Waals surface area contributed by atoms with E-state index in [0.29, 0.717) is 12.1 Å². The van der Waals surface area contributed by atoms with Crippen LogP contribution in [0.4, 0.5) is 10.1 Å². The number of anilines is 1. The molecule has 0 fully saturated rings. The third-order valence-corrected chi connectivity index (χ3v) is 3.59. The highest BCUT2D eigenvalue weighted by Crippen LogP contribution is 2.11. The molecule has 0 saturated carbocycles. The summed E-state index contributed by atoms with van der Waals surface area (Å²) in [6.07, 6.45) is 1.36. The van der Waals surface area contributed by atoms with Crippen molar-refractivity contribution in [3.63, 3.8) is 0 Å². The average molecular weight is 270 g/mol. The topological polar surface area (TPSA) is 55.1 Å². The van der Waals surface area contributed by atoms with Crippen molar-refractivity contribution in [1.82, 2.24) is 0 Å². The van der Waals surface area contributed by atoms with Gasteiger partial charge in [0.1, 0.15) is 5.82 Å². The normalized spacial score (nSPS) is 12.2. The quantitative estimate of drug-likeness (QED) is 0.749. The van der Waals surface area contributed by atoms with E-state index in [9.17, 15) is 9.18 Å². The average Bonchev–Trinajstić information content (AvgIpc) is 2.34. The molecule has 18 heavy (non-hydrogen) atoms. The molecule has 0 radical (unpaired) electrons. The number of rotatable bonds is 7. The van der Waals surface area contributed by atoms with E-state index in [4.69, 9.17) is 5.73 Å². The predicted molar refractivity (Wildman–Crippen MR) is 75.2 cm³/mol. The minimum atomic E-state index is -0.351. The van der Waals surface area contributed by atoms with Gasteiger partial charge in [0.2, 0.25) is 5.91 Å². The summed E-state index contributed by atoms with van der Waals surface area (Å²) in [7, 11) is 0. The number of hydrogen-bond donors (Lipinski definition) is 2. The molecule has 0 heterocycles. The van der Waals surface area contributed by atoms with Crippen LogP contribution in [0.1, 0.15) is 19.8 Å². The number of benzene rings is 1.